The number of carbonyl (C=O) groups is 1. The maximum atomic E-state index is 12.5. The lowest BCUT2D eigenvalue weighted by molar-refractivity contribution is 0.0761. The van der Waals surface area contributed by atoms with E-state index in [0.717, 1.165) is 32.3 Å². The maximum absolute atomic E-state index is 12.5. The summed E-state index contributed by atoms with van der Waals surface area (Å²) in [5.41, 5.74) is 0.148. The van der Waals surface area contributed by atoms with Gasteiger partial charge in [-0.3, -0.25) is 14.6 Å². The van der Waals surface area contributed by atoms with E-state index < -0.39 is 5.56 Å². The van der Waals surface area contributed by atoms with Crippen LogP contribution in [0.25, 0.3) is 11.5 Å². The van der Waals surface area contributed by atoms with Gasteiger partial charge in [-0.2, -0.15) is 0 Å². The second-order valence-corrected chi connectivity index (χ2v) is 6.19. The first-order chi connectivity index (χ1) is 12.1. The van der Waals surface area contributed by atoms with Crippen LogP contribution in [0.1, 0.15) is 36.0 Å². The van der Waals surface area contributed by atoms with Gasteiger partial charge in [0.2, 0.25) is 0 Å². The Morgan fingerprint density at radius 1 is 1.40 bits per heavy atom. The highest BCUT2D eigenvalue weighted by Gasteiger charge is 2.19. The lowest BCUT2D eigenvalue weighted by atomic mass is 10.1. The van der Waals surface area contributed by atoms with E-state index in [1.165, 1.54) is 6.20 Å². The summed E-state index contributed by atoms with van der Waals surface area (Å²) in [6.45, 7) is 1.42. The molecule has 3 heterocycles. The molecule has 7 nitrogen and oxygen atoms in total. The molecular formula is C18H22N4O3. The summed E-state index contributed by atoms with van der Waals surface area (Å²) >= 11 is 0. The van der Waals surface area contributed by atoms with Crippen molar-refractivity contribution in [1.82, 2.24) is 19.9 Å². The number of nitrogens with one attached hydrogen (secondary N) is 1. The number of carbonyl (C=O) groups excluding carboxylic acids is 1. The molecule has 1 saturated heterocycles. The van der Waals surface area contributed by atoms with E-state index in [1.807, 2.05) is 6.07 Å². The third-order valence-electron chi connectivity index (χ3n) is 4.33. The van der Waals surface area contributed by atoms with Crippen LogP contribution in [0.2, 0.25) is 0 Å². The highest BCUT2D eigenvalue weighted by molar-refractivity contribution is 5.93. The molecule has 3 rings (SSSR count). The molecule has 2 aromatic rings. The second kappa shape index (κ2) is 8.02. The Hall–Kier alpha value is -2.54. The van der Waals surface area contributed by atoms with Crippen molar-refractivity contribution in [3.8, 4) is 11.5 Å². The average molecular weight is 342 g/mol. The van der Waals surface area contributed by atoms with Crippen LogP contribution in [-0.4, -0.2) is 52.1 Å². The van der Waals surface area contributed by atoms with Crippen LogP contribution in [0.5, 0.6) is 0 Å². The molecule has 1 aliphatic rings. The number of aromatic amines is 1. The zero-order valence-corrected chi connectivity index (χ0v) is 14.3. The predicted molar refractivity (Wildman–Crippen MR) is 93.3 cm³/mol. The molecule has 7 heteroatoms. The molecule has 2 aromatic heterocycles. The van der Waals surface area contributed by atoms with Crippen molar-refractivity contribution in [2.45, 2.75) is 31.8 Å². The van der Waals surface area contributed by atoms with Gasteiger partial charge in [0.1, 0.15) is 11.3 Å². The van der Waals surface area contributed by atoms with Gasteiger partial charge in [-0.1, -0.05) is 6.07 Å². The summed E-state index contributed by atoms with van der Waals surface area (Å²) in [7, 11) is 1.70. The number of hydrogen-bond acceptors (Lipinski definition) is 5. The number of nitrogens with zero attached hydrogens (tertiary/aromatic N) is 3. The number of aromatic nitrogens is 3. The van der Waals surface area contributed by atoms with E-state index in [9.17, 15) is 9.59 Å². The van der Waals surface area contributed by atoms with Crippen molar-refractivity contribution in [2.24, 2.45) is 0 Å². The smallest absolute Gasteiger partial charge is 0.264 e. The minimum atomic E-state index is -0.452. The summed E-state index contributed by atoms with van der Waals surface area (Å²) in [6.07, 6.45) is 7.25. The first-order valence-electron chi connectivity index (χ1n) is 8.53. The van der Waals surface area contributed by atoms with Crippen molar-refractivity contribution in [3.05, 3.63) is 46.5 Å². The van der Waals surface area contributed by atoms with Crippen LogP contribution in [0.3, 0.4) is 0 Å². The minimum absolute atomic E-state index is 0.0410. The Bertz CT molecular complexity index is 769. The number of hydrogen-bond donors (Lipinski definition) is 1. The van der Waals surface area contributed by atoms with Crippen molar-refractivity contribution in [1.29, 1.82) is 0 Å². The molecule has 0 aliphatic carbocycles. The van der Waals surface area contributed by atoms with E-state index in [0.29, 0.717) is 24.2 Å². The number of rotatable bonds is 6. The molecule has 1 aliphatic heterocycles. The van der Waals surface area contributed by atoms with E-state index in [2.05, 4.69) is 15.0 Å². The zero-order chi connectivity index (χ0) is 17.6. The van der Waals surface area contributed by atoms with Crippen LogP contribution in [-0.2, 0) is 4.74 Å². The first-order valence-corrected chi connectivity index (χ1v) is 8.53. The molecule has 1 fully saturated rings. The summed E-state index contributed by atoms with van der Waals surface area (Å²) < 4.78 is 5.58. The van der Waals surface area contributed by atoms with E-state index >= 15 is 0 Å². The number of amides is 1. The van der Waals surface area contributed by atoms with Crippen LogP contribution in [0.4, 0.5) is 0 Å². The topological polar surface area (TPSA) is 88.2 Å². The fourth-order valence-corrected chi connectivity index (χ4v) is 2.92. The van der Waals surface area contributed by atoms with E-state index in [1.54, 1.807) is 30.3 Å². The van der Waals surface area contributed by atoms with Crippen LogP contribution in [0.15, 0.2) is 35.4 Å². The molecule has 1 amide bonds. The van der Waals surface area contributed by atoms with E-state index in [-0.39, 0.29) is 11.5 Å². The molecular weight excluding hydrogens is 320 g/mol. The Labute approximate surface area is 146 Å². The van der Waals surface area contributed by atoms with Crippen molar-refractivity contribution in [3.63, 3.8) is 0 Å². The average Bonchev–Trinajstić information content (AvgIpc) is 3.15. The van der Waals surface area contributed by atoms with Gasteiger partial charge in [0, 0.05) is 32.6 Å². The highest BCUT2D eigenvalue weighted by atomic mass is 16.5. The van der Waals surface area contributed by atoms with Gasteiger partial charge in [0.15, 0.2) is 5.82 Å². The summed E-state index contributed by atoms with van der Waals surface area (Å²) in [5.74, 6) is 0.0249. The van der Waals surface area contributed by atoms with Gasteiger partial charge in [0.25, 0.3) is 11.5 Å². The number of H-pyrrole nitrogens is 1. The molecule has 0 unspecified atom stereocenters. The second-order valence-electron chi connectivity index (χ2n) is 6.19. The molecule has 1 N–H and O–H groups in total. The largest absolute Gasteiger partial charge is 0.378 e. The monoisotopic (exact) mass is 342 g/mol. The number of ether oxygens (including phenoxy) is 1. The normalized spacial score (nSPS) is 16.8. The van der Waals surface area contributed by atoms with Crippen molar-refractivity contribution >= 4 is 5.91 Å². The van der Waals surface area contributed by atoms with Crippen molar-refractivity contribution in [2.75, 3.05) is 20.2 Å². The highest BCUT2D eigenvalue weighted by Crippen LogP contribution is 2.17. The molecule has 0 aromatic carbocycles. The Morgan fingerprint density at radius 2 is 2.28 bits per heavy atom. The standard InChI is InChI=1S/C18H22N4O3/c1-22(10-4-6-13-7-5-11-25-13)18(24)14-12-20-16(21-17(14)23)15-8-2-3-9-19-15/h2-3,8-9,12-13H,4-7,10-11H2,1H3,(H,20,21,23)/t13-/m1/s1. The third kappa shape index (κ3) is 4.30. The summed E-state index contributed by atoms with van der Waals surface area (Å²) in [4.78, 5) is 37.2. The zero-order valence-electron chi connectivity index (χ0n) is 14.3. The van der Waals surface area contributed by atoms with Crippen LogP contribution in [0, 0.1) is 0 Å². The predicted octanol–water partition coefficient (Wildman–Crippen LogP) is 1.86. The van der Waals surface area contributed by atoms with Crippen LogP contribution >= 0.6 is 0 Å². The lowest BCUT2D eigenvalue weighted by Crippen LogP contribution is -2.33. The van der Waals surface area contributed by atoms with Gasteiger partial charge in [-0.05, 0) is 37.8 Å². The van der Waals surface area contributed by atoms with Gasteiger partial charge >= 0.3 is 0 Å². The summed E-state index contributed by atoms with van der Waals surface area (Å²) in [6, 6.07) is 5.34. The SMILES string of the molecule is CN(CCC[C@@H]1CCCO1)C(=O)c1cnc(-c2ccccn2)[nH]c1=O. The quantitative estimate of drug-likeness (QED) is 0.866. The van der Waals surface area contributed by atoms with Crippen molar-refractivity contribution < 1.29 is 9.53 Å². The Kier molecular flexibility index (Phi) is 5.55. The van der Waals surface area contributed by atoms with Crippen LogP contribution < -0.4 is 5.56 Å². The third-order valence-corrected chi connectivity index (χ3v) is 4.33. The van der Waals surface area contributed by atoms with Gasteiger partial charge in [0.05, 0.1) is 6.10 Å². The molecule has 0 radical (unpaired) electrons. The fourth-order valence-electron chi connectivity index (χ4n) is 2.92. The Balaban J connectivity index is 1.62. The molecule has 0 bridgehead atoms. The number of pyridine rings is 1. The Morgan fingerprint density at radius 3 is 2.96 bits per heavy atom. The summed E-state index contributed by atoms with van der Waals surface area (Å²) in [5, 5.41) is 0. The first kappa shape index (κ1) is 17.3. The molecule has 132 valence electrons. The molecule has 0 saturated carbocycles. The van der Waals surface area contributed by atoms with E-state index in [4.69, 9.17) is 4.74 Å². The van der Waals surface area contributed by atoms with Gasteiger partial charge in [-0.15, -0.1) is 0 Å². The van der Waals surface area contributed by atoms with Gasteiger partial charge in [-0.25, -0.2) is 4.98 Å². The van der Waals surface area contributed by atoms with Gasteiger partial charge < -0.3 is 14.6 Å². The molecule has 0 spiro atoms. The fraction of sp³-hybridized carbons (Fsp3) is 0.444. The molecule has 25 heavy (non-hydrogen) atoms. The molecule has 1 atom stereocenters. The lowest BCUT2D eigenvalue weighted by Gasteiger charge is -2.17. The minimum Gasteiger partial charge on any atom is -0.378 e. The maximum Gasteiger partial charge on any atom is 0.264 e.